The van der Waals surface area contributed by atoms with Crippen molar-refractivity contribution in [3.05, 3.63) is 36.3 Å². The van der Waals surface area contributed by atoms with Crippen LogP contribution in [0.1, 0.15) is 0 Å². The molecule has 0 aliphatic rings. The predicted molar refractivity (Wildman–Crippen MR) is 43.4 cm³/mol. The maximum atomic E-state index is 12.6. The van der Waals surface area contributed by atoms with Crippen molar-refractivity contribution in [2.75, 3.05) is 0 Å². The first-order valence-electron chi connectivity index (χ1n) is 3.51. The molecule has 2 nitrogen and oxygen atoms in total. The number of rotatable bonds is 0. The summed E-state index contributed by atoms with van der Waals surface area (Å²) in [7, 11) is 0. The van der Waals surface area contributed by atoms with Gasteiger partial charge in [-0.15, -0.1) is 0 Å². The summed E-state index contributed by atoms with van der Waals surface area (Å²) >= 11 is 0. The number of benzene rings is 1. The van der Waals surface area contributed by atoms with Crippen molar-refractivity contribution >= 4 is 10.9 Å². The minimum absolute atomic E-state index is 0.0712. The zero-order valence-electron chi connectivity index (χ0n) is 6.16. The van der Waals surface area contributed by atoms with E-state index in [1.807, 2.05) is 0 Å². The van der Waals surface area contributed by atoms with E-state index in [-0.39, 0.29) is 5.75 Å². The van der Waals surface area contributed by atoms with Gasteiger partial charge in [-0.2, -0.15) is 4.39 Å². The molecular weight excluding hydrogens is 157 g/mol. The summed E-state index contributed by atoms with van der Waals surface area (Å²) in [6.07, 6.45) is 0. The number of nitrogens with zero attached hydrogens (tertiary/aromatic N) is 1. The number of hydrogen-bond acceptors (Lipinski definition) is 2. The first-order chi connectivity index (χ1) is 5.77. The minimum Gasteiger partial charge on any atom is -0.507 e. The van der Waals surface area contributed by atoms with Crippen molar-refractivity contribution in [2.45, 2.75) is 0 Å². The van der Waals surface area contributed by atoms with Crippen molar-refractivity contribution in [3.63, 3.8) is 0 Å². The van der Waals surface area contributed by atoms with Crippen LogP contribution in [-0.4, -0.2) is 10.1 Å². The number of hydrogen-bond donors (Lipinski definition) is 1. The molecule has 0 aliphatic heterocycles. The van der Waals surface area contributed by atoms with Crippen LogP contribution in [-0.2, 0) is 0 Å². The smallest absolute Gasteiger partial charge is 0.217 e. The monoisotopic (exact) mass is 163 g/mol. The summed E-state index contributed by atoms with van der Waals surface area (Å²) in [6, 6.07) is 7.85. The van der Waals surface area contributed by atoms with Gasteiger partial charge in [-0.05, 0) is 12.1 Å². The summed E-state index contributed by atoms with van der Waals surface area (Å²) in [5, 5.41) is 9.84. The lowest BCUT2D eigenvalue weighted by Crippen LogP contribution is -1.83. The molecule has 0 unspecified atom stereocenters. The number of fused-ring (bicyclic) bond motifs is 1. The van der Waals surface area contributed by atoms with Crippen LogP contribution < -0.4 is 0 Å². The Balaban J connectivity index is 2.89. The van der Waals surface area contributed by atoms with E-state index >= 15 is 0 Å². The lowest BCUT2D eigenvalue weighted by atomic mass is 10.2. The second-order valence-electron chi connectivity index (χ2n) is 2.48. The van der Waals surface area contributed by atoms with Crippen molar-refractivity contribution in [2.24, 2.45) is 0 Å². The highest BCUT2D eigenvalue weighted by molar-refractivity contribution is 5.84. The number of halogens is 1. The fourth-order valence-electron chi connectivity index (χ4n) is 1.13. The number of aromatic hydroxyl groups is 1. The van der Waals surface area contributed by atoms with E-state index in [1.54, 1.807) is 24.3 Å². The van der Waals surface area contributed by atoms with Gasteiger partial charge in [0.2, 0.25) is 5.95 Å². The first kappa shape index (κ1) is 7.03. The van der Waals surface area contributed by atoms with E-state index < -0.39 is 5.95 Å². The molecule has 60 valence electrons. The topological polar surface area (TPSA) is 33.1 Å². The van der Waals surface area contributed by atoms with Gasteiger partial charge in [-0.1, -0.05) is 12.1 Å². The standard InChI is InChI=1S/C9H6FNO/c10-9-5-8(12)6-3-1-2-4-7(6)11-9/h1-5H,(H,11,12). The van der Waals surface area contributed by atoms with Gasteiger partial charge in [-0.25, -0.2) is 4.98 Å². The highest BCUT2D eigenvalue weighted by atomic mass is 19.1. The maximum Gasteiger partial charge on any atom is 0.217 e. The van der Waals surface area contributed by atoms with Crippen molar-refractivity contribution in [1.82, 2.24) is 4.98 Å². The van der Waals surface area contributed by atoms with Crippen molar-refractivity contribution in [3.8, 4) is 5.75 Å². The van der Waals surface area contributed by atoms with E-state index in [0.717, 1.165) is 6.07 Å². The van der Waals surface area contributed by atoms with E-state index in [2.05, 4.69) is 4.98 Å². The Bertz CT molecular complexity index is 428. The molecule has 0 saturated heterocycles. The summed E-state index contributed by atoms with van der Waals surface area (Å²) in [4.78, 5) is 3.61. The van der Waals surface area contributed by atoms with Gasteiger partial charge in [0.25, 0.3) is 0 Å². The fraction of sp³-hybridized carbons (Fsp3) is 0. The quantitative estimate of drug-likeness (QED) is 0.603. The van der Waals surface area contributed by atoms with Gasteiger partial charge in [-0.3, -0.25) is 0 Å². The summed E-state index contributed by atoms with van der Waals surface area (Å²) in [5.74, 6) is -0.732. The third kappa shape index (κ3) is 0.993. The van der Waals surface area contributed by atoms with Crippen LogP contribution in [0.5, 0.6) is 5.75 Å². The number of aromatic nitrogens is 1. The molecule has 1 aromatic heterocycles. The molecule has 0 amide bonds. The van der Waals surface area contributed by atoms with Crippen LogP contribution in [0, 0.1) is 5.95 Å². The molecule has 12 heavy (non-hydrogen) atoms. The average Bonchev–Trinajstić information content (AvgIpc) is 2.04. The molecule has 0 aliphatic carbocycles. The SMILES string of the molecule is Oc1cc(F)nc2ccccc12. The zero-order valence-corrected chi connectivity index (χ0v) is 6.16. The van der Waals surface area contributed by atoms with Crippen molar-refractivity contribution in [1.29, 1.82) is 0 Å². The molecule has 1 aromatic carbocycles. The van der Waals surface area contributed by atoms with E-state index in [0.29, 0.717) is 10.9 Å². The Hall–Kier alpha value is -1.64. The molecule has 0 radical (unpaired) electrons. The molecule has 0 spiro atoms. The predicted octanol–water partition coefficient (Wildman–Crippen LogP) is 2.08. The van der Waals surface area contributed by atoms with E-state index in [1.165, 1.54) is 0 Å². The normalized spacial score (nSPS) is 10.4. The Morgan fingerprint density at radius 3 is 2.83 bits per heavy atom. The molecule has 0 bridgehead atoms. The average molecular weight is 163 g/mol. The van der Waals surface area contributed by atoms with Gasteiger partial charge in [0.15, 0.2) is 0 Å². The minimum atomic E-state index is -0.661. The Morgan fingerprint density at radius 1 is 1.25 bits per heavy atom. The molecule has 2 aromatic rings. The molecular formula is C9H6FNO. The van der Waals surface area contributed by atoms with E-state index in [4.69, 9.17) is 0 Å². The van der Waals surface area contributed by atoms with Crippen LogP contribution in [0.4, 0.5) is 4.39 Å². The Kier molecular flexibility index (Phi) is 1.43. The van der Waals surface area contributed by atoms with Gasteiger partial charge in [0.1, 0.15) is 5.75 Å². The molecule has 0 atom stereocenters. The zero-order chi connectivity index (χ0) is 8.55. The molecule has 3 heteroatoms. The number of para-hydroxylation sites is 1. The largest absolute Gasteiger partial charge is 0.507 e. The summed E-state index contributed by atoms with van der Waals surface area (Å²) in [6.45, 7) is 0. The van der Waals surface area contributed by atoms with Crippen LogP contribution >= 0.6 is 0 Å². The third-order valence-corrected chi connectivity index (χ3v) is 1.66. The molecule has 1 N–H and O–H groups in total. The van der Waals surface area contributed by atoms with Gasteiger partial charge in [0.05, 0.1) is 5.52 Å². The molecule has 0 saturated carbocycles. The Morgan fingerprint density at radius 2 is 2.00 bits per heavy atom. The van der Waals surface area contributed by atoms with Gasteiger partial charge < -0.3 is 5.11 Å². The van der Waals surface area contributed by atoms with Crippen LogP contribution in [0.3, 0.4) is 0 Å². The highest BCUT2D eigenvalue weighted by Gasteiger charge is 2.01. The molecule has 0 fully saturated rings. The fourth-order valence-corrected chi connectivity index (χ4v) is 1.13. The summed E-state index contributed by atoms with van der Waals surface area (Å²) in [5.41, 5.74) is 0.468. The van der Waals surface area contributed by atoms with E-state index in [9.17, 15) is 9.50 Å². The Labute approximate surface area is 68.3 Å². The second kappa shape index (κ2) is 2.44. The lowest BCUT2D eigenvalue weighted by Gasteiger charge is -1.98. The van der Waals surface area contributed by atoms with Crippen LogP contribution in [0.15, 0.2) is 30.3 Å². The van der Waals surface area contributed by atoms with Gasteiger partial charge >= 0.3 is 0 Å². The van der Waals surface area contributed by atoms with Crippen molar-refractivity contribution < 1.29 is 9.50 Å². The molecule has 2 rings (SSSR count). The van der Waals surface area contributed by atoms with Crippen LogP contribution in [0.2, 0.25) is 0 Å². The summed E-state index contributed by atoms with van der Waals surface area (Å²) < 4.78 is 12.6. The maximum absolute atomic E-state index is 12.6. The number of pyridine rings is 1. The van der Waals surface area contributed by atoms with Gasteiger partial charge in [0, 0.05) is 11.5 Å². The molecule has 1 heterocycles. The second-order valence-corrected chi connectivity index (χ2v) is 2.48. The first-order valence-corrected chi connectivity index (χ1v) is 3.51. The lowest BCUT2D eigenvalue weighted by molar-refractivity contribution is 0.472. The third-order valence-electron chi connectivity index (χ3n) is 1.66. The van der Waals surface area contributed by atoms with Crippen LogP contribution in [0.25, 0.3) is 10.9 Å². The highest BCUT2D eigenvalue weighted by Crippen LogP contribution is 2.22.